The summed E-state index contributed by atoms with van der Waals surface area (Å²) in [5.74, 6) is 0.125. The molecule has 0 aliphatic carbocycles. The molecular weight excluding hydrogens is 372 g/mol. The Bertz CT molecular complexity index is 1160. The maximum absolute atomic E-state index is 12.7. The maximum Gasteiger partial charge on any atom is 0.280 e. The van der Waals surface area contributed by atoms with Gasteiger partial charge in [0.25, 0.3) is 5.91 Å². The van der Waals surface area contributed by atoms with Crippen LogP contribution in [-0.2, 0) is 16.9 Å². The van der Waals surface area contributed by atoms with E-state index in [1.807, 2.05) is 25.1 Å². The average Bonchev–Trinajstić information content (AvgIpc) is 2.91. The summed E-state index contributed by atoms with van der Waals surface area (Å²) < 4.78 is 32.2. The van der Waals surface area contributed by atoms with Crippen LogP contribution in [0.25, 0.3) is 10.2 Å². The molecule has 0 radical (unpaired) electrons. The number of carbonyl (C=O) groups is 1. The average molecular weight is 390 g/mol. The van der Waals surface area contributed by atoms with Crippen molar-refractivity contribution in [2.45, 2.75) is 11.8 Å². The van der Waals surface area contributed by atoms with Gasteiger partial charge in [0.1, 0.15) is 11.3 Å². The molecule has 0 N–H and O–H groups in total. The second-order valence-corrected chi connectivity index (χ2v) is 8.66. The molecule has 1 heterocycles. The smallest absolute Gasteiger partial charge is 0.280 e. The summed E-state index contributed by atoms with van der Waals surface area (Å²) in [7, 11) is -1.72. The molecule has 0 aliphatic rings. The van der Waals surface area contributed by atoms with Gasteiger partial charge in [-0.25, -0.2) is 8.42 Å². The molecule has 0 bridgehead atoms. The lowest BCUT2D eigenvalue weighted by atomic mass is 10.2. The van der Waals surface area contributed by atoms with E-state index in [2.05, 4.69) is 4.99 Å². The van der Waals surface area contributed by atoms with Gasteiger partial charge in [0.05, 0.1) is 21.8 Å². The maximum atomic E-state index is 12.7. The van der Waals surface area contributed by atoms with Crippen molar-refractivity contribution >= 4 is 37.3 Å². The van der Waals surface area contributed by atoms with Gasteiger partial charge >= 0.3 is 0 Å². The summed E-state index contributed by atoms with van der Waals surface area (Å²) in [6.45, 7) is 2.43. The molecular formula is C18H18N2O4S2. The lowest BCUT2D eigenvalue weighted by Crippen LogP contribution is -2.15. The highest BCUT2D eigenvalue weighted by Gasteiger charge is 2.18. The van der Waals surface area contributed by atoms with Gasteiger partial charge in [-0.3, -0.25) is 4.79 Å². The quantitative estimate of drug-likeness (QED) is 0.686. The van der Waals surface area contributed by atoms with Crippen LogP contribution in [0, 0.1) is 0 Å². The summed E-state index contributed by atoms with van der Waals surface area (Å²) in [6.07, 6.45) is 1.08. The van der Waals surface area contributed by atoms with Gasteiger partial charge in [0.2, 0.25) is 0 Å². The molecule has 0 saturated heterocycles. The first-order valence-corrected chi connectivity index (χ1v) is 10.6. The molecule has 0 aliphatic heterocycles. The predicted octanol–water partition coefficient (Wildman–Crippen LogP) is 2.78. The third-order valence-electron chi connectivity index (χ3n) is 3.80. The van der Waals surface area contributed by atoms with E-state index in [-0.39, 0.29) is 10.5 Å². The van der Waals surface area contributed by atoms with Crippen LogP contribution in [0.2, 0.25) is 0 Å². The second kappa shape index (κ2) is 7.05. The van der Waals surface area contributed by atoms with Gasteiger partial charge in [-0.15, -0.1) is 0 Å². The molecule has 3 rings (SSSR count). The Kier molecular flexibility index (Phi) is 4.97. The monoisotopic (exact) mass is 390 g/mol. The molecule has 2 aromatic carbocycles. The van der Waals surface area contributed by atoms with Gasteiger partial charge < -0.3 is 9.30 Å². The standard InChI is InChI=1S/C18H18N2O4S2/c1-4-24-13-9-7-10-14-16(13)20(2)18(25-14)19-17(21)12-8-5-6-11-15(12)26(3,22)23/h5-11H,4H2,1-3H3. The van der Waals surface area contributed by atoms with Crippen molar-refractivity contribution in [3.63, 3.8) is 0 Å². The van der Waals surface area contributed by atoms with Crippen LogP contribution in [0.5, 0.6) is 5.75 Å². The lowest BCUT2D eigenvalue weighted by Gasteiger charge is -2.06. The van der Waals surface area contributed by atoms with Crippen LogP contribution >= 0.6 is 11.3 Å². The number of aromatic nitrogens is 1. The number of ether oxygens (including phenoxy) is 1. The van der Waals surface area contributed by atoms with Crippen LogP contribution in [-0.4, -0.2) is 31.8 Å². The Morgan fingerprint density at radius 3 is 2.62 bits per heavy atom. The number of aryl methyl sites for hydroxylation is 1. The van der Waals surface area contributed by atoms with Crippen LogP contribution < -0.4 is 9.54 Å². The molecule has 1 amide bonds. The zero-order valence-corrected chi connectivity index (χ0v) is 16.2. The summed E-state index contributed by atoms with van der Waals surface area (Å²) in [6, 6.07) is 11.8. The number of rotatable bonds is 4. The SMILES string of the molecule is CCOc1cccc2sc(=NC(=O)c3ccccc3S(C)(=O)=O)n(C)c12. The zero-order valence-electron chi connectivity index (χ0n) is 14.6. The highest BCUT2D eigenvalue weighted by atomic mass is 32.2. The molecule has 0 saturated carbocycles. The van der Waals surface area contributed by atoms with Gasteiger partial charge in [0.15, 0.2) is 14.6 Å². The summed E-state index contributed by atoms with van der Waals surface area (Å²) in [5.41, 5.74) is 0.916. The Morgan fingerprint density at radius 1 is 1.19 bits per heavy atom. The molecule has 3 aromatic rings. The number of carbonyl (C=O) groups excluding carboxylic acids is 1. The largest absolute Gasteiger partial charge is 0.492 e. The fourth-order valence-corrected chi connectivity index (χ4v) is 4.58. The van der Waals surface area contributed by atoms with Gasteiger partial charge in [-0.2, -0.15) is 4.99 Å². The normalized spacial score (nSPS) is 12.5. The Hall–Kier alpha value is -2.45. The minimum absolute atomic E-state index is 0.0208. The van der Waals surface area contributed by atoms with Crippen LogP contribution in [0.15, 0.2) is 52.4 Å². The van der Waals surface area contributed by atoms with E-state index in [1.54, 1.807) is 23.7 Å². The number of hydrogen-bond donors (Lipinski definition) is 0. The highest BCUT2D eigenvalue weighted by molar-refractivity contribution is 7.90. The third kappa shape index (κ3) is 3.42. The minimum atomic E-state index is -3.52. The fraction of sp³-hybridized carbons (Fsp3) is 0.222. The van der Waals surface area contributed by atoms with E-state index in [4.69, 9.17) is 4.74 Å². The lowest BCUT2D eigenvalue weighted by molar-refractivity contribution is 0.0995. The number of fused-ring (bicyclic) bond motifs is 1. The van der Waals surface area contributed by atoms with E-state index in [0.717, 1.165) is 16.5 Å². The van der Waals surface area contributed by atoms with Crippen molar-refractivity contribution in [2.75, 3.05) is 12.9 Å². The van der Waals surface area contributed by atoms with Crippen LogP contribution in [0.3, 0.4) is 0 Å². The number of nitrogens with zero attached hydrogens (tertiary/aromatic N) is 2. The van der Waals surface area contributed by atoms with Crippen LogP contribution in [0.4, 0.5) is 0 Å². The first-order chi connectivity index (χ1) is 12.3. The highest BCUT2D eigenvalue weighted by Crippen LogP contribution is 2.27. The molecule has 26 heavy (non-hydrogen) atoms. The van der Waals surface area contributed by atoms with E-state index < -0.39 is 15.7 Å². The number of hydrogen-bond acceptors (Lipinski definition) is 5. The van der Waals surface area contributed by atoms with Crippen molar-refractivity contribution in [1.82, 2.24) is 4.57 Å². The number of para-hydroxylation sites is 1. The Morgan fingerprint density at radius 2 is 1.92 bits per heavy atom. The molecule has 0 fully saturated rings. The Balaban J connectivity index is 2.17. The van der Waals surface area contributed by atoms with Crippen molar-refractivity contribution in [3.8, 4) is 5.75 Å². The first kappa shape index (κ1) is 18.3. The van der Waals surface area contributed by atoms with Crippen molar-refractivity contribution < 1.29 is 17.9 Å². The minimum Gasteiger partial charge on any atom is -0.492 e. The first-order valence-electron chi connectivity index (χ1n) is 7.92. The molecule has 0 spiro atoms. The van der Waals surface area contributed by atoms with Gasteiger partial charge in [-0.1, -0.05) is 29.5 Å². The fourth-order valence-electron chi connectivity index (χ4n) is 2.66. The zero-order chi connectivity index (χ0) is 18.9. The Labute approximate surface area is 155 Å². The molecule has 1 aromatic heterocycles. The molecule has 0 unspecified atom stereocenters. The van der Waals surface area contributed by atoms with E-state index in [9.17, 15) is 13.2 Å². The van der Waals surface area contributed by atoms with E-state index in [0.29, 0.717) is 17.2 Å². The molecule has 8 heteroatoms. The number of amides is 1. The van der Waals surface area contributed by atoms with Crippen molar-refractivity contribution in [3.05, 3.63) is 52.8 Å². The molecule has 0 atom stereocenters. The molecule has 136 valence electrons. The van der Waals surface area contributed by atoms with Crippen LogP contribution in [0.1, 0.15) is 17.3 Å². The number of thiazole rings is 1. The predicted molar refractivity (Wildman–Crippen MR) is 101 cm³/mol. The summed E-state index contributed by atoms with van der Waals surface area (Å²) in [5, 5.41) is 0. The van der Waals surface area contributed by atoms with Crippen molar-refractivity contribution in [1.29, 1.82) is 0 Å². The van der Waals surface area contributed by atoms with Crippen molar-refractivity contribution in [2.24, 2.45) is 12.0 Å². The second-order valence-electron chi connectivity index (χ2n) is 5.66. The van der Waals surface area contributed by atoms with E-state index >= 15 is 0 Å². The summed E-state index contributed by atoms with van der Waals surface area (Å²) in [4.78, 5) is 17.3. The van der Waals surface area contributed by atoms with Gasteiger partial charge in [0, 0.05) is 13.3 Å². The van der Waals surface area contributed by atoms with Gasteiger partial charge in [-0.05, 0) is 31.2 Å². The number of sulfone groups is 1. The van der Waals surface area contributed by atoms with E-state index in [1.165, 1.54) is 23.5 Å². The third-order valence-corrected chi connectivity index (χ3v) is 6.05. The molecule has 6 nitrogen and oxygen atoms in total. The number of benzene rings is 2. The summed E-state index contributed by atoms with van der Waals surface area (Å²) >= 11 is 1.35. The topological polar surface area (TPSA) is 77.7 Å².